The number of carboxylic acid groups (broad SMARTS) is 1. The summed E-state index contributed by atoms with van der Waals surface area (Å²) in [5.41, 5.74) is 0. The van der Waals surface area contributed by atoms with Crippen molar-refractivity contribution in [1.82, 2.24) is 0 Å². The fraction of sp³-hybridized carbons (Fsp3) is 0.182. The Morgan fingerprint density at radius 3 is 2.73 bits per heavy atom. The summed E-state index contributed by atoms with van der Waals surface area (Å²) >= 11 is 4.05. The number of thioether (sulfide) groups is 1. The summed E-state index contributed by atoms with van der Waals surface area (Å²) in [6, 6.07) is 10.1. The molecule has 0 heterocycles. The number of alkyl halides is 1. The molecule has 0 saturated heterocycles. The Morgan fingerprint density at radius 2 is 2.13 bits per heavy atom. The van der Waals surface area contributed by atoms with Gasteiger partial charge < -0.3 is 5.11 Å². The number of benzene rings is 1. The highest BCUT2D eigenvalue weighted by atomic mass is 127. The maximum Gasteiger partial charge on any atom is 0.327 e. The van der Waals surface area contributed by atoms with E-state index in [0.29, 0.717) is 3.26 Å². The quantitative estimate of drug-likeness (QED) is 0.387. The summed E-state index contributed by atoms with van der Waals surface area (Å²) in [6.45, 7) is 0. The minimum Gasteiger partial charge on any atom is -0.478 e. The molecule has 0 aliphatic rings. The Labute approximate surface area is 107 Å². The highest BCUT2D eigenvalue weighted by Crippen LogP contribution is 2.29. The Morgan fingerprint density at radius 1 is 1.47 bits per heavy atom. The molecule has 1 N–H and O–H groups in total. The molecule has 0 amide bonds. The first-order chi connectivity index (χ1) is 7.18. The van der Waals surface area contributed by atoms with Gasteiger partial charge in [-0.1, -0.05) is 46.9 Å². The maximum atomic E-state index is 10.2. The average molecular weight is 334 g/mol. The zero-order chi connectivity index (χ0) is 11.1. The van der Waals surface area contributed by atoms with Crippen LogP contribution in [-0.4, -0.2) is 14.3 Å². The lowest BCUT2D eigenvalue weighted by Crippen LogP contribution is -1.90. The van der Waals surface area contributed by atoms with Gasteiger partial charge in [0.2, 0.25) is 0 Å². The monoisotopic (exact) mass is 334 g/mol. The number of rotatable bonds is 5. The van der Waals surface area contributed by atoms with Gasteiger partial charge in [-0.05, 0) is 18.6 Å². The van der Waals surface area contributed by atoms with E-state index in [4.69, 9.17) is 5.11 Å². The van der Waals surface area contributed by atoms with Gasteiger partial charge in [0.05, 0.1) is 3.26 Å². The minimum absolute atomic E-state index is 0.362. The van der Waals surface area contributed by atoms with Crippen LogP contribution in [0.2, 0.25) is 0 Å². The van der Waals surface area contributed by atoms with Gasteiger partial charge >= 0.3 is 5.97 Å². The largest absolute Gasteiger partial charge is 0.478 e. The van der Waals surface area contributed by atoms with Crippen molar-refractivity contribution in [3.8, 4) is 0 Å². The summed E-state index contributed by atoms with van der Waals surface area (Å²) < 4.78 is 0.362. The molecule has 2 nitrogen and oxygen atoms in total. The second kappa shape index (κ2) is 6.90. The van der Waals surface area contributed by atoms with Crippen molar-refractivity contribution in [2.24, 2.45) is 0 Å². The van der Waals surface area contributed by atoms with Crippen LogP contribution in [0.5, 0.6) is 0 Å². The molecule has 0 aliphatic carbocycles. The van der Waals surface area contributed by atoms with Crippen LogP contribution in [0.3, 0.4) is 0 Å². The lowest BCUT2D eigenvalue weighted by atomic mass is 10.4. The van der Waals surface area contributed by atoms with Gasteiger partial charge in [0, 0.05) is 11.0 Å². The number of hydrogen-bond donors (Lipinski definition) is 1. The van der Waals surface area contributed by atoms with Crippen LogP contribution in [0.4, 0.5) is 0 Å². The standard InChI is InChI=1S/C11H11IO2S/c12-10(7-4-8-11(13)14)15-9-5-2-1-3-6-9/h1-6,8,10H,7H2,(H,13,14)/b8-4+. The molecule has 1 atom stereocenters. The van der Waals surface area contributed by atoms with Crippen molar-refractivity contribution in [1.29, 1.82) is 0 Å². The van der Waals surface area contributed by atoms with E-state index in [1.54, 1.807) is 17.8 Å². The van der Waals surface area contributed by atoms with Crippen LogP contribution < -0.4 is 0 Å². The van der Waals surface area contributed by atoms with Crippen LogP contribution in [-0.2, 0) is 4.79 Å². The number of allylic oxidation sites excluding steroid dienone is 1. The van der Waals surface area contributed by atoms with Crippen molar-refractivity contribution in [3.05, 3.63) is 42.5 Å². The summed E-state index contributed by atoms with van der Waals surface area (Å²) in [6.07, 6.45) is 3.64. The topological polar surface area (TPSA) is 37.3 Å². The van der Waals surface area contributed by atoms with Crippen LogP contribution in [0.1, 0.15) is 6.42 Å². The van der Waals surface area contributed by atoms with Crippen LogP contribution in [0, 0.1) is 0 Å². The van der Waals surface area contributed by atoms with Gasteiger partial charge in [-0.3, -0.25) is 0 Å². The first-order valence-electron chi connectivity index (χ1n) is 4.43. The number of aliphatic carboxylic acids is 1. The third kappa shape index (κ3) is 5.84. The first kappa shape index (κ1) is 12.6. The summed E-state index contributed by atoms with van der Waals surface area (Å²) in [7, 11) is 0. The summed E-state index contributed by atoms with van der Waals surface area (Å²) in [5.74, 6) is -0.886. The fourth-order valence-corrected chi connectivity index (χ4v) is 2.96. The summed E-state index contributed by atoms with van der Waals surface area (Å²) in [5, 5.41) is 8.42. The molecule has 0 bridgehead atoms. The summed E-state index contributed by atoms with van der Waals surface area (Å²) in [4.78, 5) is 11.5. The number of carbonyl (C=O) groups is 1. The highest BCUT2D eigenvalue weighted by Gasteiger charge is 2.03. The first-order valence-corrected chi connectivity index (χ1v) is 6.56. The second-order valence-corrected chi connectivity index (χ2v) is 6.44. The third-order valence-electron chi connectivity index (χ3n) is 1.59. The zero-order valence-electron chi connectivity index (χ0n) is 7.97. The molecule has 1 unspecified atom stereocenters. The van der Waals surface area contributed by atoms with E-state index in [2.05, 4.69) is 34.7 Å². The van der Waals surface area contributed by atoms with Crippen LogP contribution >= 0.6 is 34.4 Å². The molecule has 1 rings (SSSR count). The van der Waals surface area contributed by atoms with E-state index < -0.39 is 5.97 Å². The van der Waals surface area contributed by atoms with E-state index in [9.17, 15) is 4.79 Å². The van der Waals surface area contributed by atoms with Gasteiger partial charge in [0.25, 0.3) is 0 Å². The molecule has 0 aromatic heterocycles. The predicted molar refractivity (Wildman–Crippen MR) is 71.5 cm³/mol. The van der Waals surface area contributed by atoms with Crippen LogP contribution in [0.25, 0.3) is 0 Å². The molecule has 1 aromatic carbocycles. The molecule has 0 radical (unpaired) electrons. The lowest BCUT2D eigenvalue weighted by Gasteiger charge is -2.05. The lowest BCUT2D eigenvalue weighted by molar-refractivity contribution is -0.131. The Balaban J connectivity index is 2.36. The number of halogens is 1. The van der Waals surface area contributed by atoms with Crippen LogP contribution in [0.15, 0.2) is 47.4 Å². The molecule has 15 heavy (non-hydrogen) atoms. The number of carboxylic acids is 1. The molecule has 0 saturated carbocycles. The van der Waals surface area contributed by atoms with Gasteiger partial charge in [-0.15, -0.1) is 11.8 Å². The molecular weight excluding hydrogens is 323 g/mol. The zero-order valence-corrected chi connectivity index (χ0v) is 10.9. The van der Waals surface area contributed by atoms with Crippen molar-refractivity contribution in [2.75, 3.05) is 0 Å². The second-order valence-electron chi connectivity index (χ2n) is 2.82. The maximum absolute atomic E-state index is 10.2. The molecule has 80 valence electrons. The van der Waals surface area contributed by atoms with Crippen molar-refractivity contribution in [3.63, 3.8) is 0 Å². The third-order valence-corrected chi connectivity index (χ3v) is 3.85. The number of hydrogen-bond acceptors (Lipinski definition) is 2. The van der Waals surface area contributed by atoms with Gasteiger partial charge in [-0.25, -0.2) is 4.79 Å². The van der Waals surface area contributed by atoms with Crippen molar-refractivity contribution >= 4 is 40.3 Å². The molecule has 0 spiro atoms. The average Bonchev–Trinajstić information content (AvgIpc) is 2.18. The molecular formula is C11H11IO2S. The molecule has 0 aliphatic heterocycles. The molecule has 0 fully saturated rings. The van der Waals surface area contributed by atoms with E-state index in [1.165, 1.54) is 11.0 Å². The van der Waals surface area contributed by atoms with Gasteiger partial charge in [0.1, 0.15) is 0 Å². The Hall–Kier alpha value is -0.490. The smallest absolute Gasteiger partial charge is 0.327 e. The SMILES string of the molecule is O=C(O)/C=C/CC(I)Sc1ccccc1. The predicted octanol–water partition coefficient (Wildman–Crippen LogP) is 3.57. The van der Waals surface area contributed by atoms with Gasteiger partial charge in [-0.2, -0.15) is 0 Å². The Bertz CT molecular complexity index is 338. The molecule has 4 heteroatoms. The Kier molecular flexibility index (Phi) is 5.78. The van der Waals surface area contributed by atoms with Gasteiger partial charge in [0.15, 0.2) is 0 Å². The molecule has 1 aromatic rings. The van der Waals surface area contributed by atoms with E-state index in [0.717, 1.165) is 6.42 Å². The van der Waals surface area contributed by atoms with Crippen molar-refractivity contribution < 1.29 is 9.90 Å². The van der Waals surface area contributed by atoms with E-state index in [-0.39, 0.29) is 0 Å². The van der Waals surface area contributed by atoms with E-state index >= 15 is 0 Å². The van der Waals surface area contributed by atoms with E-state index in [1.807, 2.05) is 18.2 Å². The normalized spacial score (nSPS) is 12.9. The highest BCUT2D eigenvalue weighted by molar-refractivity contribution is 14.1. The van der Waals surface area contributed by atoms with Crippen molar-refractivity contribution in [2.45, 2.75) is 14.6 Å². The fourth-order valence-electron chi connectivity index (χ4n) is 0.971. The minimum atomic E-state index is -0.886.